The Kier molecular flexibility index (Phi) is 6.48. The summed E-state index contributed by atoms with van der Waals surface area (Å²) in [5.74, 6) is 1.54. The van der Waals surface area contributed by atoms with Gasteiger partial charge < -0.3 is 4.43 Å². The number of hydrogen-bond acceptors (Lipinski definition) is 2. The van der Waals surface area contributed by atoms with Gasteiger partial charge in [0.2, 0.25) is 0 Å². The van der Waals surface area contributed by atoms with E-state index >= 15 is 0 Å². The average molecular weight is 409 g/mol. The predicted octanol–water partition coefficient (Wildman–Crippen LogP) is 7.62. The van der Waals surface area contributed by atoms with E-state index in [1.165, 1.54) is 12.8 Å². The molecule has 164 valence electrons. The maximum Gasteiger partial charge on any atom is 0.192 e. The van der Waals surface area contributed by atoms with Crippen LogP contribution >= 0.6 is 0 Å². The Balaban J connectivity index is 2.39. The first-order valence-electron chi connectivity index (χ1n) is 11.7. The monoisotopic (exact) mass is 408 g/mol. The number of Topliss-reactive ketones (excluding diaryl/α,β-unsaturated/α-hetero) is 1. The van der Waals surface area contributed by atoms with Crippen LogP contribution in [-0.4, -0.2) is 20.2 Å². The van der Waals surface area contributed by atoms with Crippen molar-refractivity contribution in [3.8, 4) is 0 Å². The average Bonchev–Trinajstić information content (AvgIpc) is 2.55. The summed E-state index contributed by atoms with van der Waals surface area (Å²) in [6, 6.07) is 0. The predicted molar refractivity (Wildman–Crippen MR) is 123 cm³/mol. The summed E-state index contributed by atoms with van der Waals surface area (Å²) < 4.78 is 7.13. The van der Waals surface area contributed by atoms with E-state index in [0.29, 0.717) is 23.7 Å². The quantitative estimate of drug-likeness (QED) is 0.437. The van der Waals surface area contributed by atoms with Crippen molar-refractivity contribution in [3.05, 3.63) is 0 Å². The van der Waals surface area contributed by atoms with Crippen molar-refractivity contribution in [1.29, 1.82) is 0 Å². The van der Waals surface area contributed by atoms with Gasteiger partial charge in [0.05, 0.1) is 6.10 Å². The highest BCUT2D eigenvalue weighted by Gasteiger charge is 2.61. The number of carbonyl (C=O) groups excluding carboxylic acids is 1. The first-order valence-corrected chi connectivity index (χ1v) is 14.7. The normalized spacial score (nSPS) is 37.5. The van der Waals surface area contributed by atoms with Gasteiger partial charge in [0.25, 0.3) is 0 Å². The molecule has 28 heavy (non-hydrogen) atoms. The summed E-state index contributed by atoms with van der Waals surface area (Å²) >= 11 is 0. The lowest BCUT2D eigenvalue weighted by molar-refractivity contribution is -0.169. The van der Waals surface area contributed by atoms with Crippen LogP contribution in [0, 0.1) is 28.1 Å². The molecule has 0 aromatic rings. The summed E-state index contributed by atoms with van der Waals surface area (Å²) in [7, 11) is -1.83. The number of ketones is 1. The van der Waals surface area contributed by atoms with Gasteiger partial charge in [-0.05, 0) is 66.5 Å². The Morgan fingerprint density at radius 1 is 1.14 bits per heavy atom. The molecule has 0 bridgehead atoms. The molecule has 5 atom stereocenters. The lowest BCUT2D eigenvalue weighted by Crippen LogP contribution is -2.60. The van der Waals surface area contributed by atoms with Gasteiger partial charge in [-0.1, -0.05) is 68.7 Å². The zero-order chi connectivity index (χ0) is 21.8. The fraction of sp³-hybridized carbons (Fsp3) is 0.960. The second kappa shape index (κ2) is 7.52. The molecule has 0 spiro atoms. The molecular weight excluding hydrogens is 360 g/mol. The fourth-order valence-electron chi connectivity index (χ4n) is 6.29. The van der Waals surface area contributed by atoms with E-state index in [2.05, 4.69) is 75.4 Å². The van der Waals surface area contributed by atoms with Crippen molar-refractivity contribution < 1.29 is 9.22 Å². The maximum atomic E-state index is 12.7. The largest absolute Gasteiger partial charge is 0.413 e. The number of fused-ring (bicyclic) bond motifs is 1. The summed E-state index contributed by atoms with van der Waals surface area (Å²) in [6.45, 7) is 26.1. The van der Waals surface area contributed by atoms with Crippen molar-refractivity contribution in [2.75, 3.05) is 0 Å². The van der Waals surface area contributed by atoms with Crippen LogP contribution in [-0.2, 0) is 9.22 Å². The van der Waals surface area contributed by atoms with E-state index in [1.54, 1.807) is 0 Å². The Labute approximate surface area is 176 Å². The van der Waals surface area contributed by atoms with Gasteiger partial charge in [-0.2, -0.15) is 0 Å². The Morgan fingerprint density at radius 2 is 1.71 bits per heavy atom. The Morgan fingerprint density at radius 3 is 2.21 bits per heavy atom. The van der Waals surface area contributed by atoms with Crippen molar-refractivity contribution >= 4 is 14.1 Å². The van der Waals surface area contributed by atoms with Crippen LogP contribution in [0.15, 0.2) is 0 Å². The first-order chi connectivity index (χ1) is 12.5. The van der Waals surface area contributed by atoms with E-state index in [0.717, 1.165) is 25.7 Å². The van der Waals surface area contributed by atoms with Crippen LogP contribution in [0.25, 0.3) is 0 Å². The van der Waals surface area contributed by atoms with Crippen LogP contribution in [0.4, 0.5) is 0 Å². The minimum Gasteiger partial charge on any atom is -0.413 e. The van der Waals surface area contributed by atoms with Crippen molar-refractivity contribution in [3.63, 3.8) is 0 Å². The number of carbonyl (C=O) groups is 1. The molecule has 0 saturated heterocycles. The molecule has 2 aliphatic carbocycles. The molecule has 0 heterocycles. The maximum absolute atomic E-state index is 12.7. The van der Waals surface area contributed by atoms with E-state index in [-0.39, 0.29) is 21.3 Å². The minimum atomic E-state index is -1.83. The van der Waals surface area contributed by atoms with E-state index in [1.807, 2.05) is 0 Å². The third kappa shape index (κ3) is 3.79. The van der Waals surface area contributed by atoms with E-state index < -0.39 is 8.32 Å². The van der Waals surface area contributed by atoms with Gasteiger partial charge in [-0.25, -0.2) is 0 Å². The van der Waals surface area contributed by atoms with E-state index in [4.69, 9.17) is 4.43 Å². The van der Waals surface area contributed by atoms with Gasteiger partial charge in [-0.3, -0.25) is 4.79 Å². The second-order valence-electron chi connectivity index (χ2n) is 12.6. The summed E-state index contributed by atoms with van der Waals surface area (Å²) in [6.07, 6.45) is 6.80. The molecule has 2 fully saturated rings. The highest BCUT2D eigenvalue weighted by atomic mass is 28.4. The molecule has 5 unspecified atom stereocenters. The van der Waals surface area contributed by atoms with Crippen LogP contribution in [0.2, 0.25) is 18.1 Å². The zero-order valence-electron chi connectivity index (χ0n) is 20.8. The van der Waals surface area contributed by atoms with Crippen molar-refractivity contribution in [2.45, 2.75) is 125 Å². The standard InChI is InChI=1S/C25H48O2Si/c1-12-13-21(27-28(10,11)22(3,4)5)25(9)16-14-19-23(6,7)20(26)15-17-24(19,8)18(25)2/h18-19,21H,12-17H2,1-11H3. The fourth-order valence-corrected chi connectivity index (χ4v) is 7.74. The topological polar surface area (TPSA) is 26.3 Å². The number of rotatable bonds is 5. The third-order valence-electron chi connectivity index (χ3n) is 9.76. The van der Waals surface area contributed by atoms with Gasteiger partial charge in [0.1, 0.15) is 5.78 Å². The minimum absolute atomic E-state index is 0.177. The lowest BCUT2D eigenvalue weighted by atomic mass is 9.42. The van der Waals surface area contributed by atoms with Crippen LogP contribution in [0.3, 0.4) is 0 Å². The molecule has 0 radical (unpaired) electrons. The first kappa shape index (κ1) is 24.1. The highest BCUT2D eigenvalue weighted by molar-refractivity contribution is 6.74. The van der Waals surface area contributed by atoms with Crippen molar-refractivity contribution in [2.24, 2.45) is 28.1 Å². The Bertz CT molecular complexity index is 588. The molecule has 0 amide bonds. The van der Waals surface area contributed by atoms with Gasteiger partial charge >= 0.3 is 0 Å². The smallest absolute Gasteiger partial charge is 0.192 e. The molecule has 0 aromatic carbocycles. The van der Waals surface area contributed by atoms with Gasteiger partial charge in [-0.15, -0.1) is 0 Å². The second-order valence-corrected chi connectivity index (χ2v) is 17.4. The van der Waals surface area contributed by atoms with E-state index in [9.17, 15) is 4.79 Å². The summed E-state index contributed by atoms with van der Waals surface area (Å²) in [4.78, 5) is 12.7. The third-order valence-corrected chi connectivity index (χ3v) is 14.2. The molecule has 0 aromatic heterocycles. The lowest BCUT2D eigenvalue weighted by Gasteiger charge is -2.63. The van der Waals surface area contributed by atoms with Gasteiger partial charge in [0, 0.05) is 11.8 Å². The molecule has 2 nitrogen and oxygen atoms in total. The molecule has 0 aliphatic heterocycles. The molecule has 2 aliphatic rings. The van der Waals surface area contributed by atoms with Gasteiger partial charge in [0.15, 0.2) is 8.32 Å². The van der Waals surface area contributed by atoms with Crippen LogP contribution < -0.4 is 0 Å². The van der Waals surface area contributed by atoms with Crippen LogP contribution in [0.5, 0.6) is 0 Å². The molecule has 0 N–H and O–H groups in total. The van der Waals surface area contributed by atoms with Crippen LogP contribution in [0.1, 0.15) is 101 Å². The molecule has 2 saturated carbocycles. The molecule has 2 rings (SSSR count). The zero-order valence-corrected chi connectivity index (χ0v) is 21.8. The highest BCUT2D eigenvalue weighted by Crippen LogP contribution is 2.64. The molecular formula is C25H48O2Si. The molecule has 3 heteroatoms. The SMILES string of the molecule is CCCC(O[Si](C)(C)C(C)(C)C)C1(C)CCC2C(C)(C)C(=O)CCC2(C)C1C. The summed E-state index contributed by atoms with van der Waals surface area (Å²) in [5, 5.41) is 0.235. The van der Waals surface area contributed by atoms with Crippen molar-refractivity contribution in [1.82, 2.24) is 0 Å². The number of hydrogen-bond donors (Lipinski definition) is 0. The summed E-state index contributed by atoms with van der Waals surface area (Å²) in [5.41, 5.74) is 0.240. The Hall–Kier alpha value is -0.153.